The molecule has 1 aliphatic carbocycles. The number of nitrogens with one attached hydrogen (secondary N) is 1. The largest absolute Gasteiger partial charge is 0.309 e. The third kappa shape index (κ3) is 1.55. The molecular formula is C12H17N3. The number of hydrogen-bond acceptors (Lipinski definition) is 3. The van der Waals surface area contributed by atoms with Gasteiger partial charge in [0.25, 0.3) is 0 Å². The summed E-state index contributed by atoms with van der Waals surface area (Å²) in [6.07, 6.45) is 6.11. The summed E-state index contributed by atoms with van der Waals surface area (Å²) >= 11 is 0. The maximum absolute atomic E-state index is 4.65. The van der Waals surface area contributed by atoms with Gasteiger partial charge in [0.1, 0.15) is 5.82 Å². The normalized spacial score (nSPS) is 24.5. The van der Waals surface area contributed by atoms with E-state index in [2.05, 4.69) is 15.3 Å². The van der Waals surface area contributed by atoms with E-state index in [0.29, 0.717) is 6.04 Å². The van der Waals surface area contributed by atoms with Gasteiger partial charge in [-0.1, -0.05) is 0 Å². The molecule has 1 aliphatic heterocycles. The van der Waals surface area contributed by atoms with Gasteiger partial charge in [-0.25, -0.2) is 9.97 Å². The van der Waals surface area contributed by atoms with Crippen molar-refractivity contribution in [3.05, 3.63) is 22.8 Å². The van der Waals surface area contributed by atoms with Crippen molar-refractivity contribution < 1.29 is 0 Å². The van der Waals surface area contributed by atoms with Crippen LogP contribution >= 0.6 is 0 Å². The summed E-state index contributed by atoms with van der Waals surface area (Å²) in [5.74, 6) is 0.944. The molecule has 0 bridgehead atoms. The van der Waals surface area contributed by atoms with Gasteiger partial charge in [-0.15, -0.1) is 0 Å². The Labute approximate surface area is 90.3 Å². The zero-order valence-corrected chi connectivity index (χ0v) is 9.21. The summed E-state index contributed by atoms with van der Waals surface area (Å²) < 4.78 is 0. The molecule has 1 aromatic heterocycles. The molecule has 0 spiro atoms. The van der Waals surface area contributed by atoms with E-state index in [1.165, 1.54) is 42.6 Å². The number of nitrogens with zero attached hydrogens (tertiary/aromatic N) is 2. The Balaban J connectivity index is 2.05. The van der Waals surface area contributed by atoms with Crippen molar-refractivity contribution in [1.82, 2.24) is 15.3 Å². The second-order valence-corrected chi connectivity index (χ2v) is 4.58. The van der Waals surface area contributed by atoms with Crippen LogP contribution in [0.15, 0.2) is 0 Å². The third-order valence-electron chi connectivity index (χ3n) is 3.47. The molecule has 1 atom stereocenters. The van der Waals surface area contributed by atoms with Gasteiger partial charge in [-0.2, -0.15) is 0 Å². The fourth-order valence-electron chi connectivity index (χ4n) is 2.80. The molecule has 1 saturated heterocycles. The minimum Gasteiger partial charge on any atom is -0.309 e. The average molecular weight is 203 g/mol. The van der Waals surface area contributed by atoms with Crippen LogP contribution in [0.4, 0.5) is 0 Å². The van der Waals surface area contributed by atoms with Gasteiger partial charge in [0.05, 0.1) is 5.69 Å². The Hall–Kier alpha value is -0.960. The number of aromatic nitrogens is 2. The standard InChI is InChI=1S/C12H17N3/c1-8-14-10-5-2-4-9(10)12(15-8)11-6-3-7-13-11/h11,13H,2-7H2,1H3. The average Bonchev–Trinajstić information content (AvgIpc) is 2.86. The molecule has 0 amide bonds. The van der Waals surface area contributed by atoms with Crippen LogP contribution in [0.1, 0.15) is 48.1 Å². The maximum Gasteiger partial charge on any atom is 0.125 e. The Morgan fingerprint density at radius 2 is 2.13 bits per heavy atom. The van der Waals surface area contributed by atoms with Crippen LogP contribution in [0.2, 0.25) is 0 Å². The second kappa shape index (κ2) is 3.56. The van der Waals surface area contributed by atoms with Crippen molar-refractivity contribution in [3.8, 4) is 0 Å². The summed E-state index contributed by atoms with van der Waals surface area (Å²) in [5.41, 5.74) is 4.05. The third-order valence-corrected chi connectivity index (χ3v) is 3.47. The van der Waals surface area contributed by atoms with E-state index in [4.69, 9.17) is 0 Å². The fourth-order valence-corrected chi connectivity index (χ4v) is 2.80. The topological polar surface area (TPSA) is 37.8 Å². The van der Waals surface area contributed by atoms with E-state index in [0.717, 1.165) is 18.8 Å². The van der Waals surface area contributed by atoms with Crippen LogP contribution in [-0.2, 0) is 12.8 Å². The lowest BCUT2D eigenvalue weighted by molar-refractivity contribution is 0.614. The smallest absolute Gasteiger partial charge is 0.125 e. The molecule has 1 unspecified atom stereocenters. The first kappa shape index (κ1) is 9.28. The van der Waals surface area contributed by atoms with Crippen LogP contribution in [0.5, 0.6) is 0 Å². The highest BCUT2D eigenvalue weighted by molar-refractivity contribution is 5.32. The molecule has 1 fully saturated rings. The zero-order chi connectivity index (χ0) is 10.3. The highest BCUT2D eigenvalue weighted by atomic mass is 15.0. The first-order valence-corrected chi connectivity index (χ1v) is 5.94. The van der Waals surface area contributed by atoms with Crippen molar-refractivity contribution in [2.45, 2.75) is 45.1 Å². The number of aryl methyl sites for hydroxylation is 2. The maximum atomic E-state index is 4.65. The van der Waals surface area contributed by atoms with E-state index >= 15 is 0 Å². The first-order chi connectivity index (χ1) is 7.34. The van der Waals surface area contributed by atoms with Gasteiger partial charge in [0.15, 0.2) is 0 Å². The number of rotatable bonds is 1. The monoisotopic (exact) mass is 203 g/mol. The molecule has 0 radical (unpaired) electrons. The van der Waals surface area contributed by atoms with Crippen molar-refractivity contribution in [2.24, 2.45) is 0 Å². The summed E-state index contributed by atoms with van der Waals surface area (Å²) in [4.78, 5) is 9.20. The van der Waals surface area contributed by atoms with Gasteiger partial charge in [-0.05, 0) is 51.1 Å². The SMILES string of the molecule is Cc1nc2c(c(C3CCCN3)n1)CCC2. The molecule has 1 N–H and O–H groups in total. The molecule has 2 heterocycles. The van der Waals surface area contributed by atoms with E-state index in [1.807, 2.05) is 6.92 Å². The quantitative estimate of drug-likeness (QED) is 0.755. The summed E-state index contributed by atoms with van der Waals surface area (Å²) in [7, 11) is 0. The van der Waals surface area contributed by atoms with E-state index in [-0.39, 0.29) is 0 Å². The van der Waals surface area contributed by atoms with Crippen molar-refractivity contribution in [3.63, 3.8) is 0 Å². The van der Waals surface area contributed by atoms with Crippen molar-refractivity contribution in [1.29, 1.82) is 0 Å². The van der Waals surface area contributed by atoms with Gasteiger partial charge in [0, 0.05) is 11.7 Å². The zero-order valence-electron chi connectivity index (χ0n) is 9.21. The van der Waals surface area contributed by atoms with Gasteiger partial charge in [0.2, 0.25) is 0 Å². The number of hydrogen-bond donors (Lipinski definition) is 1. The summed E-state index contributed by atoms with van der Waals surface area (Å²) in [6.45, 7) is 3.15. The minimum atomic E-state index is 0.499. The lowest BCUT2D eigenvalue weighted by atomic mass is 10.0. The van der Waals surface area contributed by atoms with Gasteiger partial charge < -0.3 is 5.32 Å². The van der Waals surface area contributed by atoms with Crippen LogP contribution < -0.4 is 5.32 Å². The molecule has 3 heteroatoms. The van der Waals surface area contributed by atoms with Gasteiger partial charge in [-0.3, -0.25) is 0 Å². The Morgan fingerprint density at radius 3 is 2.93 bits per heavy atom. The minimum absolute atomic E-state index is 0.499. The highest BCUT2D eigenvalue weighted by Crippen LogP contribution is 2.30. The predicted molar refractivity (Wildman–Crippen MR) is 58.8 cm³/mol. The van der Waals surface area contributed by atoms with E-state index in [1.54, 1.807) is 0 Å². The summed E-state index contributed by atoms with van der Waals surface area (Å²) in [6, 6.07) is 0.499. The molecule has 0 saturated carbocycles. The summed E-state index contributed by atoms with van der Waals surface area (Å²) in [5, 5.41) is 3.54. The van der Waals surface area contributed by atoms with Crippen LogP contribution in [0.3, 0.4) is 0 Å². The van der Waals surface area contributed by atoms with E-state index in [9.17, 15) is 0 Å². The fraction of sp³-hybridized carbons (Fsp3) is 0.667. The molecule has 3 rings (SSSR count). The lowest BCUT2D eigenvalue weighted by Gasteiger charge is -2.14. The van der Waals surface area contributed by atoms with Crippen LogP contribution in [0, 0.1) is 6.92 Å². The predicted octanol–water partition coefficient (Wildman–Crippen LogP) is 1.70. The van der Waals surface area contributed by atoms with E-state index < -0.39 is 0 Å². The van der Waals surface area contributed by atoms with Crippen LogP contribution in [-0.4, -0.2) is 16.5 Å². The van der Waals surface area contributed by atoms with Gasteiger partial charge >= 0.3 is 0 Å². The second-order valence-electron chi connectivity index (χ2n) is 4.58. The molecule has 3 nitrogen and oxygen atoms in total. The molecule has 0 aromatic carbocycles. The van der Waals surface area contributed by atoms with Crippen molar-refractivity contribution >= 4 is 0 Å². The molecule has 15 heavy (non-hydrogen) atoms. The Kier molecular flexibility index (Phi) is 2.20. The lowest BCUT2D eigenvalue weighted by Crippen LogP contribution is -2.17. The Bertz CT molecular complexity index is 381. The number of fused-ring (bicyclic) bond motifs is 1. The molecule has 2 aliphatic rings. The Morgan fingerprint density at radius 1 is 1.20 bits per heavy atom. The molecule has 80 valence electrons. The van der Waals surface area contributed by atoms with Crippen molar-refractivity contribution in [2.75, 3.05) is 6.54 Å². The first-order valence-electron chi connectivity index (χ1n) is 5.94. The molecular weight excluding hydrogens is 186 g/mol. The molecule has 1 aromatic rings. The van der Waals surface area contributed by atoms with Crippen LogP contribution in [0.25, 0.3) is 0 Å². The highest BCUT2D eigenvalue weighted by Gasteiger charge is 2.25.